The number of nitrogens with one attached hydrogen (secondary N) is 4. The molecule has 1 fully saturated rings. The molecule has 0 aliphatic carbocycles. The average Bonchev–Trinajstić information content (AvgIpc) is 2.48. The van der Waals surface area contributed by atoms with Gasteiger partial charge in [0.2, 0.25) is 0 Å². The summed E-state index contributed by atoms with van der Waals surface area (Å²) in [5, 5.41) is 14.4. The Morgan fingerprint density at radius 3 is 1.55 bits per heavy atom. The highest BCUT2D eigenvalue weighted by Gasteiger charge is 2.18. The molecule has 0 spiro atoms. The molecule has 0 radical (unpaired) electrons. The normalized spacial score (nSPS) is 23.1. The first-order valence-electron chi connectivity index (χ1n) is 8.75. The Bertz CT molecular complexity index is 181. The lowest BCUT2D eigenvalue weighted by atomic mass is 10.1. The van der Waals surface area contributed by atoms with Gasteiger partial charge in [-0.05, 0) is 51.9 Å². The molecule has 20 heavy (non-hydrogen) atoms. The van der Waals surface area contributed by atoms with Gasteiger partial charge in [0.05, 0.1) is 0 Å². The summed E-state index contributed by atoms with van der Waals surface area (Å²) in [7, 11) is 0. The first kappa shape index (κ1) is 17.9. The fourth-order valence-electron chi connectivity index (χ4n) is 2.58. The summed E-state index contributed by atoms with van der Waals surface area (Å²) in [4.78, 5) is 0. The Labute approximate surface area is 125 Å². The van der Waals surface area contributed by atoms with E-state index in [2.05, 4.69) is 35.1 Å². The minimum absolute atomic E-state index is 0.647. The third kappa shape index (κ3) is 8.90. The second-order valence-corrected chi connectivity index (χ2v) is 5.99. The zero-order valence-electron chi connectivity index (χ0n) is 13.6. The van der Waals surface area contributed by atoms with Crippen LogP contribution in [0.25, 0.3) is 0 Å². The Morgan fingerprint density at radius 2 is 1.20 bits per heavy atom. The van der Waals surface area contributed by atoms with E-state index in [9.17, 15) is 0 Å². The number of hydrogen-bond donors (Lipinski definition) is 4. The van der Waals surface area contributed by atoms with Gasteiger partial charge in [0.25, 0.3) is 0 Å². The highest BCUT2D eigenvalue weighted by Crippen LogP contribution is 2.00. The number of rotatable bonds is 12. The van der Waals surface area contributed by atoms with E-state index in [1.807, 2.05) is 0 Å². The highest BCUT2D eigenvalue weighted by molar-refractivity contribution is 4.83. The average molecular weight is 284 g/mol. The van der Waals surface area contributed by atoms with Crippen LogP contribution in [-0.2, 0) is 0 Å². The summed E-state index contributed by atoms with van der Waals surface area (Å²) in [5.41, 5.74) is 0. The van der Waals surface area contributed by atoms with Gasteiger partial charge in [-0.3, -0.25) is 0 Å². The lowest BCUT2D eigenvalue weighted by Crippen LogP contribution is -2.55. The van der Waals surface area contributed by atoms with Crippen LogP contribution in [0.5, 0.6) is 0 Å². The molecule has 0 amide bonds. The van der Waals surface area contributed by atoms with E-state index in [1.54, 1.807) is 0 Å². The van der Waals surface area contributed by atoms with Crippen molar-refractivity contribution in [2.45, 2.75) is 64.5 Å². The van der Waals surface area contributed by atoms with Crippen LogP contribution in [-0.4, -0.2) is 51.4 Å². The van der Waals surface area contributed by atoms with Crippen molar-refractivity contribution >= 4 is 0 Å². The van der Waals surface area contributed by atoms with Gasteiger partial charge in [0.15, 0.2) is 0 Å². The van der Waals surface area contributed by atoms with Gasteiger partial charge < -0.3 is 21.3 Å². The summed E-state index contributed by atoms with van der Waals surface area (Å²) < 4.78 is 0. The molecule has 4 N–H and O–H groups in total. The molecule has 1 aliphatic rings. The molecule has 0 aromatic rings. The number of hydrogen-bond acceptors (Lipinski definition) is 4. The summed E-state index contributed by atoms with van der Waals surface area (Å²) in [6.07, 6.45) is 7.62. The minimum Gasteiger partial charge on any atom is -0.317 e. The van der Waals surface area contributed by atoms with Gasteiger partial charge in [0.1, 0.15) is 0 Å². The number of piperazine rings is 1. The number of unbranched alkanes of at least 4 members (excludes halogenated alkanes) is 2. The molecule has 4 nitrogen and oxygen atoms in total. The van der Waals surface area contributed by atoms with Crippen LogP contribution in [0.2, 0.25) is 0 Å². The molecule has 0 aromatic heterocycles. The molecule has 1 saturated heterocycles. The molecule has 4 heteroatoms. The topological polar surface area (TPSA) is 48.1 Å². The molecule has 2 unspecified atom stereocenters. The van der Waals surface area contributed by atoms with Crippen molar-refractivity contribution in [3.8, 4) is 0 Å². The molecular formula is C16H36N4. The third-order valence-electron chi connectivity index (χ3n) is 4.06. The smallest absolute Gasteiger partial charge is 0.0205 e. The van der Waals surface area contributed by atoms with E-state index >= 15 is 0 Å². The quantitative estimate of drug-likeness (QED) is 0.410. The molecule has 0 bridgehead atoms. The molecule has 1 rings (SSSR count). The van der Waals surface area contributed by atoms with Crippen LogP contribution in [0.1, 0.15) is 52.4 Å². The second kappa shape index (κ2) is 12.6. The second-order valence-electron chi connectivity index (χ2n) is 5.99. The lowest BCUT2D eigenvalue weighted by Gasteiger charge is -2.31. The predicted octanol–water partition coefficient (Wildman–Crippen LogP) is 1.48. The third-order valence-corrected chi connectivity index (χ3v) is 4.06. The molecule has 0 aromatic carbocycles. The Hall–Kier alpha value is -0.160. The zero-order chi connectivity index (χ0) is 14.5. The molecule has 1 aliphatic heterocycles. The SMILES string of the molecule is CCCCNCCC1CNC(CCNCCCC)CN1. The summed E-state index contributed by atoms with van der Waals surface area (Å²) >= 11 is 0. The van der Waals surface area contributed by atoms with Crippen molar-refractivity contribution in [2.75, 3.05) is 39.3 Å². The Morgan fingerprint density at radius 1 is 0.750 bits per heavy atom. The molecular weight excluding hydrogens is 248 g/mol. The fraction of sp³-hybridized carbons (Fsp3) is 1.00. The first-order chi connectivity index (χ1) is 9.86. The van der Waals surface area contributed by atoms with Gasteiger partial charge in [-0.25, -0.2) is 0 Å². The molecule has 120 valence electrons. The van der Waals surface area contributed by atoms with Crippen LogP contribution >= 0.6 is 0 Å². The maximum Gasteiger partial charge on any atom is 0.0205 e. The highest BCUT2D eigenvalue weighted by atomic mass is 15.1. The van der Waals surface area contributed by atoms with E-state index in [4.69, 9.17) is 0 Å². The standard InChI is InChI=1S/C16H36N4/c1-3-5-9-17-11-7-15-13-20-16(14-19-15)8-12-18-10-6-4-2/h15-20H,3-14H2,1-2H3. The largest absolute Gasteiger partial charge is 0.317 e. The fourth-order valence-corrected chi connectivity index (χ4v) is 2.58. The van der Waals surface area contributed by atoms with Crippen molar-refractivity contribution < 1.29 is 0 Å². The van der Waals surface area contributed by atoms with E-state index in [0.717, 1.165) is 26.2 Å². The molecule has 0 saturated carbocycles. The van der Waals surface area contributed by atoms with Gasteiger partial charge in [-0.15, -0.1) is 0 Å². The van der Waals surface area contributed by atoms with Gasteiger partial charge >= 0.3 is 0 Å². The van der Waals surface area contributed by atoms with Crippen molar-refractivity contribution in [3.63, 3.8) is 0 Å². The Balaban J connectivity index is 1.91. The zero-order valence-corrected chi connectivity index (χ0v) is 13.6. The predicted molar refractivity (Wildman–Crippen MR) is 88.4 cm³/mol. The molecule has 2 atom stereocenters. The van der Waals surface area contributed by atoms with Crippen molar-refractivity contribution in [1.82, 2.24) is 21.3 Å². The first-order valence-corrected chi connectivity index (χ1v) is 8.75. The van der Waals surface area contributed by atoms with Crippen molar-refractivity contribution in [2.24, 2.45) is 0 Å². The van der Waals surface area contributed by atoms with E-state index in [1.165, 1.54) is 51.6 Å². The maximum atomic E-state index is 3.68. The van der Waals surface area contributed by atoms with Gasteiger partial charge in [0, 0.05) is 25.2 Å². The summed E-state index contributed by atoms with van der Waals surface area (Å²) in [6, 6.07) is 1.29. The van der Waals surface area contributed by atoms with Gasteiger partial charge in [-0.1, -0.05) is 26.7 Å². The van der Waals surface area contributed by atoms with Crippen LogP contribution in [0.15, 0.2) is 0 Å². The van der Waals surface area contributed by atoms with Crippen LogP contribution in [0, 0.1) is 0 Å². The van der Waals surface area contributed by atoms with Crippen LogP contribution in [0.4, 0.5) is 0 Å². The van der Waals surface area contributed by atoms with Crippen LogP contribution in [0.3, 0.4) is 0 Å². The van der Waals surface area contributed by atoms with Crippen LogP contribution < -0.4 is 21.3 Å². The summed E-state index contributed by atoms with van der Waals surface area (Å²) in [5.74, 6) is 0. The summed E-state index contributed by atoms with van der Waals surface area (Å²) in [6.45, 7) is 11.3. The van der Waals surface area contributed by atoms with Gasteiger partial charge in [-0.2, -0.15) is 0 Å². The minimum atomic E-state index is 0.647. The van der Waals surface area contributed by atoms with E-state index < -0.39 is 0 Å². The van der Waals surface area contributed by atoms with E-state index in [-0.39, 0.29) is 0 Å². The van der Waals surface area contributed by atoms with E-state index in [0.29, 0.717) is 12.1 Å². The van der Waals surface area contributed by atoms with Crippen molar-refractivity contribution in [1.29, 1.82) is 0 Å². The van der Waals surface area contributed by atoms with Crippen molar-refractivity contribution in [3.05, 3.63) is 0 Å². The lowest BCUT2D eigenvalue weighted by molar-refractivity contribution is 0.317. The maximum absolute atomic E-state index is 3.68. The Kier molecular flexibility index (Phi) is 11.2. The molecule has 1 heterocycles. The monoisotopic (exact) mass is 284 g/mol.